The second kappa shape index (κ2) is 6.98. The van der Waals surface area contributed by atoms with Crippen molar-refractivity contribution in [2.24, 2.45) is 0 Å². The molecule has 4 nitrogen and oxygen atoms in total. The summed E-state index contributed by atoms with van der Waals surface area (Å²) in [5.74, 6) is -1.47. The lowest BCUT2D eigenvalue weighted by Gasteiger charge is -2.27. The topological polar surface area (TPSA) is 55.8 Å². The highest BCUT2D eigenvalue weighted by molar-refractivity contribution is 6.32. The van der Waals surface area contributed by atoms with Crippen molar-refractivity contribution in [1.29, 1.82) is 0 Å². The van der Waals surface area contributed by atoms with Crippen LogP contribution in [0.1, 0.15) is 11.1 Å². The molecule has 0 spiro atoms. The number of aliphatic carboxylic acids is 1. The van der Waals surface area contributed by atoms with Crippen LogP contribution in [0.3, 0.4) is 0 Å². The number of benzene rings is 2. The number of rotatable bonds is 3. The molecule has 1 aliphatic heterocycles. The fourth-order valence-corrected chi connectivity index (χ4v) is 2.83. The standard InChI is InChI=1S/C18H11Cl2F3O4/c1-8-4-10(2-3-12(8)19)26-15-7-14-9(6-13(15)20)5-11(17(24)25)16(27-14)18(21,22)23/h2-7,16H,1H3,(H,24,25). The number of carboxylic acid groups (broad SMARTS) is 1. The highest BCUT2D eigenvalue weighted by atomic mass is 35.5. The molecule has 1 atom stereocenters. The lowest BCUT2D eigenvalue weighted by molar-refractivity contribution is -0.187. The first-order valence-corrected chi connectivity index (χ1v) is 8.27. The number of hydrogen-bond donors (Lipinski definition) is 1. The zero-order valence-corrected chi connectivity index (χ0v) is 15.1. The Labute approximate surface area is 161 Å². The Hall–Kier alpha value is -2.38. The molecule has 1 N–H and O–H groups in total. The predicted molar refractivity (Wildman–Crippen MR) is 93.8 cm³/mol. The molecule has 0 amide bonds. The van der Waals surface area contributed by atoms with Gasteiger partial charge in [0.1, 0.15) is 17.2 Å². The highest BCUT2D eigenvalue weighted by Gasteiger charge is 2.48. The van der Waals surface area contributed by atoms with Crippen molar-refractivity contribution < 1.29 is 32.5 Å². The number of alkyl halides is 3. The van der Waals surface area contributed by atoms with Crippen molar-refractivity contribution in [2.45, 2.75) is 19.2 Å². The summed E-state index contributed by atoms with van der Waals surface area (Å²) < 4.78 is 50.0. The number of carbonyl (C=O) groups is 1. The van der Waals surface area contributed by atoms with E-state index in [0.29, 0.717) is 10.8 Å². The monoisotopic (exact) mass is 418 g/mol. The van der Waals surface area contributed by atoms with Gasteiger partial charge in [-0.05, 0) is 42.8 Å². The van der Waals surface area contributed by atoms with Crippen LogP contribution in [0.2, 0.25) is 10.0 Å². The molecule has 0 radical (unpaired) electrons. The second-order valence-corrected chi connectivity index (χ2v) is 6.59. The van der Waals surface area contributed by atoms with Gasteiger partial charge < -0.3 is 14.6 Å². The lowest BCUT2D eigenvalue weighted by atomic mass is 10.0. The molecule has 2 aromatic carbocycles. The van der Waals surface area contributed by atoms with E-state index in [1.807, 2.05) is 0 Å². The minimum atomic E-state index is -4.89. The normalized spacial score (nSPS) is 16.2. The number of fused-ring (bicyclic) bond motifs is 1. The van der Waals surface area contributed by atoms with Crippen LogP contribution in [0.5, 0.6) is 17.2 Å². The minimum Gasteiger partial charge on any atom is -0.478 e. The Bertz CT molecular complexity index is 954. The van der Waals surface area contributed by atoms with Gasteiger partial charge in [0.2, 0.25) is 6.10 Å². The third-order valence-electron chi connectivity index (χ3n) is 3.80. The molecule has 9 heteroatoms. The number of aryl methyl sites for hydroxylation is 1. The summed E-state index contributed by atoms with van der Waals surface area (Å²) in [5.41, 5.74) is -0.0729. The van der Waals surface area contributed by atoms with E-state index < -0.39 is 23.8 Å². The van der Waals surface area contributed by atoms with Crippen LogP contribution < -0.4 is 9.47 Å². The number of ether oxygens (including phenoxy) is 2. The van der Waals surface area contributed by atoms with Gasteiger partial charge >= 0.3 is 12.1 Å². The van der Waals surface area contributed by atoms with Crippen molar-refractivity contribution in [2.75, 3.05) is 0 Å². The molecule has 1 unspecified atom stereocenters. The summed E-state index contributed by atoms with van der Waals surface area (Å²) in [6.45, 7) is 1.76. The van der Waals surface area contributed by atoms with Crippen LogP contribution in [-0.2, 0) is 4.79 Å². The summed E-state index contributed by atoms with van der Waals surface area (Å²) in [4.78, 5) is 11.2. The first-order chi connectivity index (χ1) is 12.6. The molecule has 0 bridgehead atoms. The maximum atomic E-state index is 13.2. The van der Waals surface area contributed by atoms with Gasteiger partial charge in [-0.3, -0.25) is 0 Å². The van der Waals surface area contributed by atoms with Crippen LogP contribution >= 0.6 is 23.2 Å². The molecule has 0 aromatic heterocycles. The molecule has 27 heavy (non-hydrogen) atoms. The third-order valence-corrected chi connectivity index (χ3v) is 4.52. The fraction of sp³-hybridized carbons (Fsp3) is 0.167. The Kier molecular flexibility index (Phi) is 5.01. The summed E-state index contributed by atoms with van der Waals surface area (Å²) in [6.07, 6.45) is -6.59. The van der Waals surface area contributed by atoms with Gasteiger partial charge in [0.25, 0.3) is 0 Å². The van der Waals surface area contributed by atoms with E-state index in [4.69, 9.17) is 37.8 Å². The molecular weight excluding hydrogens is 408 g/mol. The van der Waals surface area contributed by atoms with Crippen LogP contribution in [0.25, 0.3) is 6.08 Å². The third kappa shape index (κ3) is 3.99. The maximum Gasteiger partial charge on any atom is 0.430 e. The van der Waals surface area contributed by atoms with Crippen LogP contribution in [0.4, 0.5) is 13.2 Å². The average Bonchev–Trinajstić information content (AvgIpc) is 2.57. The molecular formula is C18H11Cl2F3O4. The smallest absolute Gasteiger partial charge is 0.430 e. The largest absolute Gasteiger partial charge is 0.478 e. The molecule has 142 valence electrons. The zero-order valence-electron chi connectivity index (χ0n) is 13.6. The summed E-state index contributed by atoms with van der Waals surface area (Å²) in [7, 11) is 0. The minimum absolute atomic E-state index is 0.0604. The van der Waals surface area contributed by atoms with E-state index in [9.17, 15) is 18.0 Å². The molecule has 0 saturated carbocycles. The van der Waals surface area contributed by atoms with Crippen LogP contribution in [-0.4, -0.2) is 23.4 Å². The fourth-order valence-electron chi connectivity index (χ4n) is 2.50. The molecule has 3 rings (SSSR count). The SMILES string of the molecule is Cc1cc(Oc2cc3c(cc2Cl)C=C(C(=O)O)C(C(F)(F)F)O3)ccc1Cl. The van der Waals surface area contributed by atoms with E-state index in [2.05, 4.69) is 0 Å². The Morgan fingerprint density at radius 2 is 1.89 bits per heavy atom. The molecule has 1 heterocycles. The van der Waals surface area contributed by atoms with Crippen molar-refractivity contribution >= 4 is 35.2 Å². The Balaban J connectivity index is 2.01. The van der Waals surface area contributed by atoms with E-state index in [1.165, 1.54) is 12.1 Å². The highest BCUT2D eigenvalue weighted by Crippen LogP contribution is 2.42. The predicted octanol–water partition coefficient (Wildman–Crippen LogP) is 5.89. The van der Waals surface area contributed by atoms with Gasteiger partial charge in [-0.1, -0.05) is 23.2 Å². The lowest BCUT2D eigenvalue weighted by Crippen LogP contribution is -2.40. The molecule has 1 aliphatic rings. The Morgan fingerprint density at radius 1 is 1.19 bits per heavy atom. The average molecular weight is 419 g/mol. The maximum absolute atomic E-state index is 13.2. The van der Waals surface area contributed by atoms with Crippen molar-refractivity contribution in [3.8, 4) is 17.2 Å². The molecule has 0 aliphatic carbocycles. The van der Waals surface area contributed by atoms with Crippen molar-refractivity contribution in [3.63, 3.8) is 0 Å². The summed E-state index contributed by atoms with van der Waals surface area (Å²) >= 11 is 12.1. The van der Waals surface area contributed by atoms with Gasteiger partial charge in [0.05, 0.1) is 10.6 Å². The van der Waals surface area contributed by atoms with Gasteiger partial charge in [-0.25, -0.2) is 4.79 Å². The first kappa shape index (κ1) is 19.4. The van der Waals surface area contributed by atoms with E-state index >= 15 is 0 Å². The molecule has 0 fully saturated rings. The van der Waals surface area contributed by atoms with E-state index in [1.54, 1.807) is 25.1 Å². The summed E-state index contributed by atoms with van der Waals surface area (Å²) in [6, 6.07) is 7.30. The van der Waals surface area contributed by atoms with E-state index in [-0.39, 0.29) is 22.1 Å². The van der Waals surface area contributed by atoms with Crippen LogP contribution in [0, 0.1) is 6.92 Å². The van der Waals surface area contributed by atoms with Gasteiger partial charge in [0.15, 0.2) is 0 Å². The van der Waals surface area contributed by atoms with Crippen molar-refractivity contribution in [1.82, 2.24) is 0 Å². The van der Waals surface area contributed by atoms with Gasteiger partial charge in [-0.2, -0.15) is 13.2 Å². The summed E-state index contributed by atoms with van der Waals surface area (Å²) in [5, 5.41) is 9.66. The zero-order chi connectivity index (χ0) is 19.9. The molecule has 0 saturated heterocycles. The molecule has 2 aromatic rings. The number of carboxylic acids is 1. The number of hydrogen-bond acceptors (Lipinski definition) is 3. The Morgan fingerprint density at radius 3 is 2.48 bits per heavy atom. The number of halogens is 5. The van der Waals surface area contributed by atoms with E-state index in [0.717, 1.165) is 11.6 Å². The van der Waals surface area contributed by atoms with Gasteiger partial charge in [0, 0.05) is 16.7 Å². The second-order valence-electron chi connectivity index (χ2n) is 5.78. The first-order valence-electron chi connectivity index (χ1n) is 7.52. The quantitative estimate of drug-likeness (QED) is 0.675. The van der Waals surface area contributed by atoms with Crippen molar-refractivity contribution in [3.05, 3.63) is 57.1 Å². The van der Waals surface area contributed by atoms with Gasteiger partial charge in [-0.15, -0.1) is 0 Å². The van der Waals surface area contributed by atoms with Crippen LogP contribution in [0.15, 0.2) is 35.9 Å².